The Morgan fingerprint density at radius 2 is 2.00 bits per heavy atom. The number of nitrogens with zero attached hydrogens (tertiary/aromatic N) is 4. The molecule has 126 valence electrons. The summed E-state index contributed by atoms with van der Waals surface area (Å²) >= 11 is 3.29. The van der Waals surface area contributed by atoms with Crippen LogP contribution in [0.4, 0.5) is 5.69 Å². The normalized spacial score (nSPS) is 10.4. The second kappa shape index (κ2) is 7.22. The summed E-state index contributed by atoms with van der Waals surface area (Å²) < 4.78 is 7.89. The summed E-state index contributed by atoms with van der Waals surface area (Å²) in [6.45, 7) is 0.134. The smallest absolute Gasteiger partial charge is 0.269 e. The quantitative estimate of drug-likeness (QED) is 0.356. The predicted molar refractivity (Wildman–Crippen MR) is 91.9 cm³/mol. The lowest BCUT2D eigenvalue weighted by atomic mass is 10.2. The topological polar surface area (TPSA) is 100 Å². The van der Waals surface area contributed by atoms with Gasteiger partial charge in [0.25, 0.3) is 5.69 Å². The molecule has 0 radical (unpaired) electrons. The molecule has 0 bridgehead atoms. The zero-order valence-corrected chi connectivity index (χ0v) is 14.3. The second-order valence-electron chi connectivity index (χ2n) is 5.02. The van der Waals surface area contributed by atoms with E-state index in [4.69, 9.17) is 4.74 Å². The van der Waals surface area contributed by atoms with E-state index in [1.54, 1.807) is 36.5 Å². The number of hydrogen-bond donors (Lipinski definition) is 0. The average molecular weight is 403 g/mol. The summed E-state index contributed by atoms with van der Waals surface area (Å²) in [6, 6.07) is 11.1. The first-order valence-electron chi connectivity index (χ1n) is 7.10. The zero-order valence-electron chi connectivity index (χ0n) is 12.7. The molecule has 0 spiro atoms. The molecule has 9 heteroatoms. The summed E-state index contributed by atoms with van der Waals surface area (Å²) in [4.78, 5) is 21.3. The van der Waals surface area contributed by atoms with Crippen molar-refractivity contribution < 1.29 is 14.5 Å². The van der Waals surface area contributed by atoms with Crippen molar-refractivity contribution in [1.82, 2.24) is 15.0 Å². The second-order valence-corrected chi connectivity index (χ2v) is 5.93. The third-order valence-electron chi connectivity index (χ3n) is 3.34. The minimum atomic E-state index is -0.465. The van der Waals surface area contributed by atoms with Crippen LogP contribution in [0, 0.1) is 10.1 Å². The standard InChI is InChI=1S/C16H11BrN4O4/c17-12-1-6-16(11(7-12)9-22)25-10-13-8-20(19-18-13)14-2-4-15(5-3-14)21(23)24/h1-9H,10H2. The maximum absolute atomic E-state index is 11.1. The van der Waals surface area contributed by atoms with E-state index in [2.05, 4.69) is 26.2 Å². The van der Waals surface area contributed by atoms with Gasteiger partial charge in [-0.15, -0.1) is 5.10 Å². The van der Waals surface area contributed by atoms with Crippen LogP contribution in [-0.2, 0) is 6.61 Å². The lowest BCUT2D eigenvalue weighted by Crippen LogP contribution is -1.98. The van der Waals surface area contributed by atoms with Crippen molar-refractivity contribution in [2.24, 2.45) is 0 Å². The Bertz CT molecular complexity index is 924. The first-order chi connectivity index (χ1) is 12.1. The largest absolute Gasteiger partial charge is 0.486 e. The molecular formula is C16H11BrN4O4. The highest BCUT2D eigenvalue weighted by atomic mass is 79.9. The highest BCUT2D eigenvalue weighted by Gasteiger charge is 2.09. The van der Waals surface area contributed by atoms with E-state index in [1.165, 1.54) is 16.8 Å². The molecule has 2 aromatic carbocycles. The van der Waals surface area contributed by atoms with Gasteiger partial charge in [-0.3, -0.25) is 14.9 Å². The fraction of sp³-hybridized carbons (Fsp3) is 0.0625. The Balaban J connectivity index is 1.72. The number of non-ortho nitro benzene ring substituents is 1. The molecule has 0 amide bonds. The lowest BCUT2D eigenvalue weighted by Gasteiger charge is -2.06. The Labute approximate surface area is 150 Å². The number of aromatic nitrogens is 3. The van der Waals surface area contributed by atoms with Crippen LogP contribution >= 0.6 is 15.9 Å². The maximum Gasteiger partial charge on any atom is 0.269 e. The van der Waals surface area contributed by atoms with Gasteiger partial charge in [0.05, 0.1) is 22.4 Å². The number of carbonyl (C=O) groups is 1. The molecule has 0 atom stereocenters. The molecule has 1 aromatic heterocycles. The summed E-state index contributed by atoms with van der Waals surface area (Å²) in [6.07, 6.45) is 2.37. The van der Waals surface area contributed by atoms with Crippen LogP contribution in [0.25, 0.3) is 5.69 Å². The summed E-state index contributed by atoms with van der Waals surface area (Å²) in [7, 11) is 0. The fourth-order valence-electron chi connectivity index (χ4n) is 2.11. The van der Waals surface area contributed by atoms with Gasteiger partial charge in [-0.1, -0.05) is 21.1 Å². The van der Waals surface area contributed by atoms with Crippen molar-refractivity contribution in [3.63, 3.8) is 0 Å². The van der Waals surface area contributed by atoms with Crippen molar-refractivity contribution in [3.05, 3.63) is 74.5 Å². The number of nitro benzene ring substituents is 1. The molecule has 0 fully saturated rings. The van der Waals surface area contributed by atoms with E-state index in [9.17, 15) is 14.9 Å². The average Bonchev–Trinajstić information content (AvgIpc) is 3.09. The highest BCUT2D eigenvalue weighted by Crippen LogP contribution is 2.22. The summed E-state index contributed by atoms with van der Waals surface area (Å²) in [5, 5.41) is 18.6. The van der Waals surface area contributed by atoms with Crippen molar-refractivity contribution in [1.29, 1.82) is 0 Å². The SMILES string of the molecule is O=Cc1cc(Br)ccc1OCc1cn(-c2ccc([N+](=O)[O-])cc2)nn1. The van der Waals surface area contributed by atoms with Crippen LogP contribution in [0.5, 0.6) is 5.75 Å². The molecule has 0 N–H and O–H groups in total. The molecule has 0 unspecified atom stereocenters. The van der Waals surface area contributed by atoms with E-state index < -0.39 is 4.92 Å². The minimum absolute atomic E-state index is 0.00375. The fourth-order valence-corrected chi connectivity index (χ4v) is 2.49. The van der Waals surface area contributed by atoms with Gasteiger partial charge < -0.3 is 4.74 Å². The predicted octanol–water partition coefficient (Wildman–Crippen LogP) is 3.33. The number of benzene rings is 2. The molecule has 8 nitrogen and oxygen atoms in total. The van der Waals surface area contributed by atoms with Crippen LogP contribution in [0.3, 0.4) is 0 Å². The van der Waals surface area contributed by atoms with Gasteiger partial charge in [0.1, 0.15) is 18.1 Å². The molecule has 25 heavy (non-hydrogen) atoms. The maximum atomic E-state index is 11.1. The van der Waals surface area contributed by atoms with Gasteiger partial charge in [-0.2, -0.15) is 0 Å². The van der Waals surface area contributed by atoms with Gasteiger partial charge in [0.2, 0.25) is 0 Å². The van der Waals surface area contributed by atoms with E-state index in [0.717, 1.165) is 4.47 Å². The number of aldehydes is 1. The van der Waals surface area contributed by atoms with E-state index in [0.29, 0.717) is 29.0 Å². The molecule has 3 rings (SSSR count). The molecule has 1 heterocycles. The monoisotopic (exact) mass is 402 g/mol. The van der Waals surface area contributed by atoms with Crippen molar-refractivity contribution in [2.45, 2.75) is 6.61 Å². The van der Waals surface area contributed by atoms with E-state index in [-0.39, 0.29) is 12.3 Å². The van der Waals surface area contributed by atoms with Crippen LogP contribution in [0.1, 0.15) is 16.1 Å². The van der Waals surface area contributed by atoms with Crippen LogP contribution in [0.15, 0.2) is 53.1 Å². The third-order valence-corrected chi connectivity index (χ3v) is 3.83. The van der Waals surface area contributed by atoms with Crippen LogP contribution in [-0.4, -0.2) is 26.2 Å². The Kier molecular flexibility index (Phi) is 4.85. The van der Waals surface area contributed by atoms with Gasteiger partial charge in [0, 0.05) is 16.6 Å². The summed E-state index contributed by atoms with van der Waals surface area (Å²) in [5.41, 5.74) is 1.63. The number of nitro groups is 1. The lowest BCUT2D eigenvalue weighted by molar-refractivity contribution is -0.384. The third kappa shape index (κ3) is 3.89. The molecule has 0 aliphatic rings. The number of halogens is 1. The molecule has 0 saturated carbocycles. The minimum Gasteiger partial charge on any atom is -0.486 e. The van der Waals surface area contributed by atoms with E-state index >= 15 is 0 Å². The van der Waals surface area contributed by atoms with Crippen molar-refractivity contribution in [3.8, 4) is 11.4 Å². The number of carbonyl (C=O) groups excluding carboxylic acids is 1. The van der Waals surface area contributed by atoms with Gasteiger partial charge in [-0.25, -0.2) is 4.68 Å². The van der Waals surface area contributed by atoms with Crippen LogP contribution in [0.2, 0.25) is 0 Å². The molecule has 0 aliphatic carbocycles. The number of ether oxygens (including phenoxy) is 1. The highest BCUT2D eigenvalue weighted by molar-refractivity contribution is 9.10. The first-order valence-corrected chi connectivity index (χ1v) is 7.89. The molecule has 0 saturated heterocycles. The van der Waals surface area contributed by atoms with Gasteiger partial charge in [0.15, 0.2) is 6.29 Å². The number of hydrogen-bond acceptors (Lipinski definition) is 6. The number of rotatable bonds is 6. The Morgan fingerprint density at radius 1 is 1.24 bits per heavy atom. The first kappa shape index (κ1) is 16.8. The summed E-state index contributed by atoms with van der Waals surface area (Å²) in [5.74, 6) is 0.447. The van der Waals surface area contributed by atoms with Gasteiger partial charge in [-0.05, 0) is 30.3 Å². The molecule has 3 aromatic rings. The van der Waals surface area contributed by atoms with Crippen LogP contribution < -0.4 is 4.74 Å². The van der Waals surface area contributed by atoms with E-state index in [1.807, 2.05) is 0 Å². The van der Waals surface area contributed by atoms with Crippen molar-refractivity contribution in [2.75, 3.05) is 0 Å². The molecular weight excluding hydrogens is 392 g/mol. The Morgan fingerprint density at radius 3 is 2.68 bits per heavy atom. The van der Waals surface area contributed by atoms with Gasteiger partial charge >= 0.3 is 0 Å². The zero-order chi connectivity index (χ0) is 17.8. The van der Waals surface area contributed by atoms with Crippen molar-refractivity contribution >= 4 is 27.9 Å². The Hall–Kier alpha value is -3.07. The molecule has 0 aliphatic heterocycles.